The minimum atomic E-state index is 0.138. The zero-order valence-corrected chi connectivity index (χ0v) is 25.0. The Morgan fingerprint density at radius 1 is 0.857 bits per heavy atom. The number of para-hydroxylation sites is 1. The third-order valence-electron chi connectivity index (χ3n) is 8.11. The Balaban J connectivity index is 1.41. The van der Waals surface area contributed by atoms with E-state index in [4.69, 9.17) is 4.74 Å². The fourth-order valence-corrected chi connectivity index (χ4v) is 5.82. The van der Waals surface area contributed by atoms with Crippen LogP contribution >= 0.6 is 0 Å². The highest BCUT2D eigenvalue weighted by atomic mass is 16.5. The van der Waals surface area contributed by atoms with E-state index in [-0.39, 0.29) is 12.0 Å². The van der Waals surface area contributed by atoms with Crippen LogP contribution in [0.1, 0.15) is 69.5 Å². The van der Waals surface area contributed by atoms with Crippen LogP contribution in [-0.4, -0.2) is 25.2 Å². The molecule has 0 saturated carbocycles. The molecule has 1 N–H and O–H groups in total. The molecule has 0 amide bonds. The minimum Gasteiger partial charge on any atom is -0.485 e. The Morgan fingerprint density at radius 3 is 2.40 bits per heavy atom. The van der Waals surface area contributed by atoms with Crippen molar-refractivity contribution in [2.24, 2.45) is 0 Å². The van der Waals surface area contributed by atoms with E-state index < -0.39 is 0 Å². The van der Waals surface area contributed by atoms with Crippen LogP contribution in [0.3, 0.4) is 0 Å². The molecule has 6 nitrogen and oxygen atoms in total. The maximum absolute atomic E-state index is 5.91. The van der Waals surface area contributed by atoms with E-state index in [1.165, 1.54) is 63.5 Å². The molecule has 0 bridgehead atoms. The molecule has 0 aliphatic heterocycles. The van der Waals surface area contributed by atoms with Crippen molar-refractivity contribution in [2.75, 3.05) is 0 Å². The molecular formula is C36H39N5O. The van der Waals surface area contributed by atoms with Gasteiger partial charge in [-0.3, -0.25) is 0 Å². The molecule has 6 heteroatoms. The summed E-state index contributed by atoms with van der Waals surface area (Å²) >= 11 is 0. The number of unbranched alkanes of at least 4 members (excludes halogenated alkanes) is 2. The fourth-order valence-electron chi connectivity index (χ4n) is 5.82. The number of ether oxygens (including phenoxy) is 1. The number of hydrogen-bond acceptors (Lipinski definition) is 4. The quantitative estimate of drug-likeness (QED) is 0.171. The van der Waals surface area contributed by atoms with Crippen molar-refractivity contribution >= 4 is 21.7 Å². The lowest BCUT2D eigenvalue weighted by Gasteiger charge is -2.20. The molecular weight excluding hydrogens is 518 g/mol. The number of aromatic nitrogens is 5. The summed E-state index contributed by atoms with van der Waals surface area (Å²) in [5, 5.41) is 17.7. The highest BCUT2D eigenvalue weighted by Crippen LogP contribution is 2.37. The summed E-state index contributed by atoms with van der Waals surface area (Å²) in [7, 11) is 0. The molecule has 2 heterocycles. The number of nitrogens with zero attached hydrogens (tertiary/aromatic N) is 4. The molecule has 42 heavy (non-hydrogen) atoms. The van der Waals surface area contributed by atoms with Crippen LogP contribution in [0.5, 0.6) is 5.75 Å². The van der Waals surface area contributed by atoms with Crippen LogP contribution in [0.15, 0.2) is 84.9 Å². The number of tetrazole rings is 1. The van der Waals surface area contributed by atoms with E-state index in [0.717, 1.165) is 24.1 Å². The maximum atomic E-state index is 5.91. The Hall–Kier alpha value is -4.45. The van der Waals surface area contributed by atoms with E-state index in [2.05, 4.69) is 132 Å². The zero-order chi connectivity index (χ0) is 29.1. The van der Waals surface area contributed by atoms with Gasteiger partial charge in [-0.05, 0) is 75.5 Å². The number of aryl methyl sites for hydroxylation is 1. The van der Waals surface area contributed by atoms with E-state index in [1.807, 2.05) is 6.07 Å². The highest BCUT2D eigenvalue weighted by Gasteiger charge is 2.20. The van der Waals surface area contributed by atoms with Gasteiger partial charge in [-0.15, -0.1) is 10.2 Å². The van der Waals surface area contributed by atoms with Crippen molar-refractivity contribution in [1.82, 2.24) is 25.2 Å². The second-order valence-electron chi connectivity index (χ2n) is 12.2. The van der Waals surface area contributed by atoms with Gasteiger partial charge in [0, 0.05) is 17.4 Å². The summed E-state index contributed by atoms with van der Waals surface area (Å²) in [6.07, 6.45) is 4.70. The number of aromatic amines is 1. The van der Waals surface area contributed by atoms with Crippen LogP contribution in [0, 0.1) is 0 Å². The van der Waals surface area contributed by atoms with Crippen molar-refractivity contribution in [3.05, 3.63) is 107 Å². The fraction of sp³-hybridized carbons (Fsp3) is 0.306. The van der Waals surface area contributed by atoms with Gasteiger partial charge in [0.1, 0.15) is 5.75 Å². The first-order valence-electron chi connectivity index (χ1n) is 15.0. The summed E-state index contributed by atoms with van der Waals surface area (Å²) in [5.41, 5.74) is 8.13. The second kappa shape index (κ2) is 11.8. The van der Waals surface area contributed by atoms with Gasteiger partial charge in [0.15, 0.2) is 6.61 Å². The molecule has 0 radical (unpaired) electrons. The maximum Gasteiger partial charge on any atom is 0.211 e. The smallest absolute Gasteiger partial charge is 0.211 e. The summed E-state index contributed by atoms with van der Waals surface area (Å²) in [4.78, 5) is 0. The predicted molar refractivity (Wildman–Crippen MR) is 171 cm³/mol. The summed E-state index contributed by atoms with van der Waals surface area (Å²) in [6, 6.07) is 31.1. The molecule has 6 aromatic rings. The molecule has 0 fully saturated rings. The largest absolute Gasteiger partial charge is 0.485 e. The van der Waals surface area contributed by atoms with Crippen molar-refractivity contribution in [1.29, 1.82) is 0 Å². The Morgan fingerprint density at radius 2 is 1.64 bits per heavy atom. The molecule has 6 rings (SSSR count). The van der Waals surface area contributed by atoms with Crippen molar-refractivity contribution in [3.8, 4) is 17.0 Å². The molecule has 0 saturated heterocycles. The van der Waals surface area contributed by atoms with Crippen molar-refractivity contribution < 1.29 is 4.74 Å². The number of H-pyrrole nitrogens is 1. The topological polar surface area (TPSA) is 68.6 Å². The number of fused-ring (bicyclic) bond motifs is 2. The Bertz CT molecular complexity index is 1790. The molecule has 2 aromatic heterocycles. The van der Waals surface area contributed by atoms with Crippen LogP contribution < -0.4 is 4.74 Å². The molecule has 0 unspecified atom stereocenters. The Kier molecular flexibility index (Phi) is 7.79. The van der Waals surface area contributed by atoms with Gasteiger partial charge in [0.05, 0.1) is 5.69 Å². The van der Waals surface area contributed by atoms with E-state index in [0.29, 0.717) is 5.82 Å². The van der Waals surface area contributed by atoms with E-state index >= 15 is 0 Å². The number of nitrogens with one attached hydrogen (secondary N) is 1. The van der Waals surface area contributed by atoms with Gasteiger partial charge in [-0.1, -0.05) is 106 Å². The summed E-state index contributed by atoms with van der Waals surface area (Å²) in [5.74, 6) is 1.31. The lowest BCUT2D eigenvalue weighted by Crippen LogP contribution is -2.11. The second-order valence-corrected chi connectivity index (χ2v) is 12.2. The SMILES string of the molecule is CCCCCc1c(-c2ccc3cc(OCc4nn[nH]n4)ccc3c2)n(Cc2ccc(C(C)(C)C)cc2)c2ccccc12. The normalized spacial score (nSPS) is 11.9. The number of hydrogen-bond donors (Lipinski definition) is 1. The summed E-state index contributed by atoms with van der Waals surface area (Å²) in [6.45, 7) is 10.2. The van der Waals surface area contributed by atoms with Crippen LogP contribution in [0.2, 0.25) is 0 Å². The van der Waals surface area contributed by atoms with E-state index in [9.17, 15) is 0 Å². The average molecular weight is 558 g/mol. The van der Waals surface area contributed by atoms with Crippen molar-refractivity contribution in [3.63, 3.8) is 0 Å². The number of rotatable bonds is 10. The standard InChI is InChI=1S/C36H39N5O/c1-5-6-7-11-32-31-10-8-9-12-33(31)41(23-25-13-18-29(19-14-25)36(2,3)4)35(32)28-16-15-27-22-30(20-17-26(27)21-28)42-24-34-37-39-40-38-34/h8-10,12-22H,5-7,11,23-24H2,1-4H3,(H,37,38,39,40). The predicted octanol–water partition coefficient (Wildman–Crippen LogP) is 8.63. The van der Waals surface area contributed by atoms with Crippen molar-refractivity contribution in [2.45, 2.75) is 71.9 Å². The van der Waals surface area contributed by atoms with Crippen LogP contribution in [-0.2, 0) is 25.0 Å². The van der Waals surface area contributed by atoms with Gasteiger partial charge < -0.3 is 9.30 Å². The average Bonchev–Trinajstić information content (AvgIpc) is 3.62. The molecule has 0 spiro atoms. The van der Waals surface area contributed by atoms with Gasteiger partial charge in [-0.2, -0.15) is 5.21 Å². The van der Waals surface area contributed by atoms with Gasteiger partial charge in [-0.25, -0.2) is 0 Å². The lowest BCUT2D eigenvalue weighted by molar-refractivity contribution is 0.296. The third kappa shape index (κ3) is 5.80. The van der Waals surface area contributed by atoms with Gasteiger partial charge in [0.25, 0.3) is 0 Å². The molecule has 4 aromatic carbocycles. The molecule has 0 aliphatic carbocycles. The monoisotopic (exact) mass is 557 g/mol. The summed E-state index contributed by atoms with van der Waals surface area (Å²) < 4.78 is 8.45. The zero-order valence-electron chi connectivity index (χ0n) is 25.0. The van der Waals surface area contributed by atoms with Crippen LogP contribution in [0.25, 0.3) is 32.9 Å². The first-order valence-corrected chi connectivity index (χ1v) is 15.0. The molecule has 214 valence electrons. The van der Waals surface area contributed by atoms with Crippen LogP contribution in [0.4, 0.5) is 0 Å². The highest BCUT2D eigenvalue weighted by molar-refractivity contribution is 5.95. The molecule has 0 atom stereocenters. The first kappa shape index (κ1) is 27.7. The Labute approximate surface area is 247 Å². The first-order chi connectivity index (χ1) is 20.4. The van der Waals surface area contributed by atoms with E-state index in [1.54, 1.807) is 0 Å². The van der Waals surface area contributed by atoms with Gasteiger partial charge in [0.2, 0.25) is 5.82 Å². The lowest BCUT2D eigenvalue weighted by atomic mass is 9.87. The third-order valence-corrected chi connectivity index (χ3v) is 8.11. The molecule has 0 aliphatic rings. The number of benzene rings is 4. The van der Waals surface area contributed by atoms with Gasteiger partial charge >= 0.3 is 0 Å². The minimum absolute atomic E-state index is 0.138.